The molecule has 26 heavy (non-hydrogen) atoms. The number of likely N-dealkylation sites (tertiary alicyclic amines) is 1. The van der Waals surface area contributed by atoms with Crippen LogP contribution in [0.3, 0.4) is 0 Å². The third-order valence-corrected chi connectivity index (χ3v) is 5.02. The highest BCUT2D eigenvalue weighted by Gasteiger charge is 2.40. The fourth-order valence-corrected chi connectivity index (χ4v) is 3.20. The lowest BCUT2D eigenvalue weighted by molar-refractivity contribution is -0.0459. The third-order valence-electron chi connectivity index (χ3n) is 5.02. The normalized spacial score (nSPS) is 15.9. The molecule has 1 aliphatic rings. The Bertz CT molecular complexity index is 749. The standard InChI is InChI=1S/C21H26N2O3/c1-21(2,25)16-13-23(14-16)20(24)22-19(15-9-5-4-6-10-15)17-11-7-8-12-18(17)26-3/h4-12,16,19,25H,13-14H2,1-3H3,(H,22,24). The second kappa shape index (κ2) is 7.38. The van der Waals surface area contributed by atoms with E-state index in [1.165, 1.54) is 0 Å². The van der Waals surface area contributed by atoms with Crippen molar-refractivity contribution in [3.63, 3.8) is 0 Å². The van der Waals surface area contributed by atoms with Crippen molar-refractivity contribution in [3.8, 4) is 5.75 Å². The number of aliphatic hydroxyl groups is 1. The van der Waals surface area contributed by atoms with E-state index in [4.69, 9.17) is 4.74 Å². The first-order chi connectivity index (χ1) is 12.4. The molecule has 0 spiro atoms. The maximum Gasteiger partial charge on any atom is 0.318 e. The van der Waals surface area contributed by atoms with Crippen LogP contribution >= 0.6 is 0 Å². The van der Waals surface area contributed by atoms with E-state index >= 15 is 0 Å². The lowest BCUT2D eigenvalue weighted by Crippen LogP contribution is -2.60. The molecule has 1 unspecified atom stereocenters. The topological polar surface area (TPSA) is 61.8 Å². The first-order valence-electron chi connectivity index (χ1n) is 8.86. The number of hydrogen-bond acceptors (Lipinski definition) is 3. The number of urea groups is 1. The summed E-state index contributed by atoms with van der Waals surface area (Å²) in [6.45, 7) is 4.69. The Kier molecular flexibility index (Phi) is 5.18. The van der Waals surface area contributed by atoms with Gasteiger partial charge in [0.2, 0.25) is 0 Å². The molecule has 5 heteroatoms. The van der Waals surface area contributed by atoms with Crippen LogP contribution in [0.15, 0.2) is 54.6 Å². The summed E-state index contributed by atoms with van der Waals surface area (Å²) in [6.07, 6.45) is 0. The van der Waals surface area contributed by atoms with Crippen molar-refractivity contribution in [2.45, 2.75) is 25.5 Å². The average Bonchev–Trinajstić information content (AvgIpc) is 2.58. The number of benzene rings is 2. The van der Waals surface area contributed by atoms with Crippen LogP contribution in [0.1, 0.15) is 31.0 Å². The van der Waals surface area contributed by atoms with Crippen LogP contribution in [-0.2, 0) is 0 Å². The van der Waals surface area contributed by atoms with Crippen molar-refractivity contribution >= 4 is 6.03 Å². The van der Waals surface area contributed by atoms with Gasteiger partial charge in [-0.05, 0) is 25.5 Å². The summed E-state index contributed by atoms with van der Waals surface area (Å²) in [4.78, 5) is 14.5. The van der Waals surface area contributed by atoms with Gasteiger partial charge in [0.1, 0.15) is 5.75 Å². The van der Waals surface area contributed by atoms with Crippen molar-refractivity contribution in [2.75, 3.05) is 20.2 Å². The van der Waals surface area contributed by atoms with Gasteiger partial charge in [-0.1, -0.05) is 48.5 Å². The Hall–Kier alpha value is -2.53. The predicted octanol–water partition coefficient (Wildman–Crippen LogP) is 3.20. The van der Waals surface area contributed by atoms with Crippen molar-refractivity contribution in [1.82, 2.24) is 10.2 Å². The maximum atomic E-state index is 12.7. The number of carbonyl (C=O) groups excluding carboxylic acids is 1. The van der Waals surface area contributed by atoms with E-state index < -0.39 is 5.60 Å². The van der Waals surface area contributed by atoms with Crippen molar-refractivity contribution in [1.29, 1.82) is 0 Å². The monoisotopic (exact) mass is 354 g/mol. The van der Waals surface area contributed by atoms with Crippen LogP contribution in [0.4, 0.5) is 4.79 Å². The summed E-state index contributed by atoms with van der Waals surface area (Å²) in [7, 11) is 1.63. The zero-order valence-electron chi connectivity index (χ0n) is 15.5. The Morgan fingerprint density at radius 2 is 1.77 bits per heavy atom. The number of methoxy groups -OCH3 is 1. The molecule has 0 radical (unpaired) electrons. The Morgan fingerprint density at radius 3 is 2.38 bits per heavy atom. The van der Waals surface area contributed by atoms with E-state index in [2.05, 4.69) is 5.32 Å². The number of ether oxygens (including phenoxy) is 1. The van der Waals surface area contributed by atoms with Gasteiger partial charge < -0.3 is 20.1 Å². The molecule has 0 aliphatic carbocycles. The van der Waals surface area contributed by atoms with E-state index in [0.717, 1.165) is 16.9 Å². The number of amides is 2. The molecule has 0 aromatic heterocycles. The van der Waals surface area contributed by atoms with Crippen LogP contribution in [0.25, 0.3) is 0 Å². The minimum Gasteiger partial charge on any atom is -0.496 e. The Balaban J connectivity index is 1.81. The first-order valence-corrected chi connectivity index (χ1v) is 8.86. The van der Waals surface area contributed by atoms with Gasteiger partial charge in [0.25, 0.3) is 0 Å². The summed E-state index contributed by atoms with van der Waals surface area (Å²) < 4.78 is 5.49. The molecule has 1 atom stereocenters. The summed E-state index contributed by atoms with van der Waals surface area (Å²) in [5.74, 6) is 0.842. The summed E-state index contributed by atoms with van der Waals surface area (Å²) in [5.41, 5.74) is 1.14. The van der Waals surface area contributed by atoms with E-state index in [-0.39, 0.29) is 18.0 Å². The van der Waals surface area contributed by atoms with E-state index in [9.17, 15) is 9.90 Å². The van der Waals surface area contributed by atoms with E-state index in [0.29, 0.717) is 13.1 Å². The number of rotatable bonds is 5. The van der Waals surface area contributed by atoms with E-state index in [1.54, 1.807) is 25.9 Å². The summed E-state index contributed by atoms with van der Waals surface area (Å²) in [5, 5.41) is 13.2. The fourth-order valence-electron chi connectivity index (χ4n) is 3.20. The lowest BCUT2D eigenvalue weighted by Gasteiger charge is -2.45. The average molecular weight is 354 g/mol. The molecule has 1 aliphatic heterocycles. The number of nitrogens with zero attached hydrogens (tertiary/aromatic N) is 1. The second-order valence-electron chi connectivity index (χ2n) is 7.29. The molecule has 1 fully saturated rings. The van der Waals surface area contributed by atoms with E-state index in [1.807, 2.05) is 54.6 Å². The molecule has 2 N–H and O–H groups in total. The highest BCUT2D eigenvalue weighted by atomic mass is 16.5. The van der Waals surface area contributed by atoms with Gasteiger partial charge in [0.05, 0.1) is 18.8 Å². The van der Waals surface area contributed by atoms with Gasteiger partial charge in [-0.25, -0.2) is 4.79 Å². The number of carbonyl (C=O) groups is 1. The molecule has 3 rings (SSSR count). The smallest absolute Gasteiger partial charge is 0.318 e. The van der Waals surface area contributed by atoms with Crippen LogP contribution in [0, 0.1) is 5.92 Å². The summed E-state index contributed by atoms with van der Waals surface area (Å²) >= 11 is 0. The molecule has 1 saturated heterocycles. The van der Waals surface area contributed by atoms with Gasteiger partial charge in [-0.2, -0.15) is 0 Å². The molecule has 2 amide bonds. The first kappa shape index (κ1) is 18.3. The van der Waals surface area contributed by atoms with Gasteiger partial charge in [0, 0.05) is 24.6 Å². The highest BCUT2D eigenvalue weighted by Crippen LogP contribution is 2.31. The molecular formula is C21H26N2O3. The van der Waals surface area contributed by atoms with Crippen LogP contribution in [0.2, 0.25) is 0 Å². The molecule has 1 heterocycles. The zero-order chi connectivity index (χ0) is 18.7. The van der Waals surface area contributed by atoms with Crippen LogP contribution in [0.5, 0.6) is 5.75 Å². The van der Waals surface area contributed by atoms with Gasteiger partial charge in [-0.15, -0.1) is 0 Å². The van der Waals surface area contributed by atoms with Gasteiger partial charge in [-0.3, -0.25) is 0 Å². The van der Waals surface area contributed by atoms with Crippen LogP contribution in [-0.4, -0.2) is 41.8 Å². The number of nitrogens with one attached hydrogen (secondary N) is 1. The predicted molar refractivity (Wildman–Crippen MR) is 101 cm³/mol. The molecular weight excluding hydrogens is 328 g/mol. The fraction of sp³-hybridized carbons (Fsp3) is 0.381. The molecule has 0 saturated carbocycles. The minimum atomic E-state index is -0.766. The minimum absolute atomic E-state index is 0.106. The quantitative estimate of drug-likeness (QED) is 0.867. The summed E-state index contributed by atoms with van der Waals surface area (Å²) in [6, 6.07) is 17.1. The van der Waals surface area contributed by atoms with Crippen molar-refractivity contribution in [3.05, 3.63) is 65.7 Å². The number of para-hydroxylation sites is 1. The zero-order valence-corrected chi connectivity index (χ0v) is 15.5. The van der Waals surface area contributed by atoms with Crippen molar-refractivity contribution in [2.24, 2.45) is 5.92 Å². The Morgan fingerprint density at radius 1 is 1.15 bits per heavy atom. The maximum absolute atomic E-state index is 12.7. The SMILES string of the molecule is COc1ccccc1C(NC(=O)N1CC(C(C)(C)O)C1)c1ccccc1. The van der Waals surface area contributed by atoms with Crippen LogP contribution < -0.4 is 10.1 Å². The molecule has 0 bridgehead atoms. The largest absolute Gasteiger partial charge is 0.496 e. The molecule has 2 aromatic carbocycles. The molecule has 2 aromatic rings. The van der Waals surface area contributed by atoms with Gasteiger partial charge in [0.15, 0.2) is 0 Å². The van der Waals surface area contributed by atoms with Gasteiger partial charge >= 0.3 is 6.03 Å². The molecule has 5 nitrogen and oxygen atoms in total. The number of hydrogen-bond donors (Lipinski definition) is 2. The third kappa shape index (κ3) is 3.83. The molecule has 138 valence electrons. The van der Waals surface area contributed by atoms with Crippen molar-refractivity contribution < 1.29 is 14.6 Å². The lowest BCUT2D eigenvalue weighted by atomic mass is 9.85. The highest BCUT2D eigenvalue weighted by molar-refractivity contribution is 5.76. The Labute approximate surface area is 154 Å². The second-order valence-corrected chi connectivity index (χ2v) is 7.29.